The van der Waals surface area contributed by atoms with Gasteiger partial charge in [0.15, 0.2) is 5.96 Å². The Bertz CT molecular complexity index is 575. The van der Waals surface area contributed by atoms with Crippen LogP contribution in [0.2, 0.25) is 0 Å². The number of nitrogens with zero attached hydrogens (tertiary/aromatic N) is 1. The smallest absolute Gasteiger partial charge is 0.387 e. The summed E-state index contributed by atoms with van der Waals surface area (Å²) in [5.74, 6) is 0.0101. The van der Waals surface area contributed by atoms with E-state index in [9.17, 15) is 13.2 Å². The Morgan fingerprint density at radius 2 is 1.93 bits per heavy atom. The zero-order valence-electron chi connectivity index (χ0n) is 16.1. The molecule has 0 aromatic heterocycles. The second kappa shape index (κ2) is 13.9. The van der Waals surface area contributed by atoms with Gasteiger partial charge in [0.1, 0.15) is 11.6 Å². The molecule has 5 nitrogen and oxygen atoms in total. The normalized spacial score (nSPS) is 12.7. The van der Waals surface area contributed by atoms with Gasteiger partial charge in [-0.1, -0.05) is 19.9 Å². The molecule has 0 heterocycles. The topological polar surface area (TPSA) is 54.9 Å². The van der Waals surface area contributed by atoms with Gasteiger partial charge >= 0.3 is 6.61 Å². The van der Waals surface area contributed by atoms with Crippen LogP contribution in [0.4, 0.5) is 13.2 Å². The SMILES string of the molecule is CCOC(CCNC(=NC)NCc1c(F)cccc1OC(F)F)C(C)C.I. The van der Waals surface area contributed by atoms with Crippen LogP contribution in [-0.4, -0.2) is 38.9 Å². The Morgan fingerprint density at radius 3 is 2.48 bits per heavy atom. The van der Waals surface area contributed by atoms with Crippen LogP contribution in [0.15, 0.2) is 23.2 Å². The van der Waals surface area contributed by atoms with E-state index < -0.39 is 12.4 Å². The Morgan fingerprint density at radius 1 is 1.22 bits per heavy atom. The van der Waals surface area contributed by atoms with Crippen LogP contribution in [0.3, 0.4) is 0 Å². The maximum atomic E-state index is 13.9. The first-order valence-electron chi connectivity index (χ1n) is 8.67. The molecule has 0 saturated carbocycles. The number of nitrogens with one attached hydrogen (secondary N) is 2. The van der Waals surface area contributed by atoms with Gasteiger partial charge in [0, 0.05) is 32.3 Å². The van der Waals surface area contributed by atoms with Gasteiger partial charge in [0.25, 0.3) is 0 Å². The zero-order chi connectivity index (χ0) is 19.5. The van der Waals surface area contributed by atoms with Crippen molar-refractivity contribution in [1.29, 1.82) is 0 Å². The molecule has 2 N–H and O–H groups in total. The number of hydrogen-bond donors (Lipinski definition) is 2. The first-order valence-corrected chi connectivity index (χ1v) is 8.67. The lowest BCUT2D eigenvalue weighted by Crippen LogP contribution is -2.39. The molecule has 0 fully saturated rings. The number of aliphatic imine (C=N–C) groups is 1. The molecule has 156 valence electrons. The standard InChI is InChI=1S/C18H28F3N3O2.HI/c1-5-25-15(12(2)3)9-10-23-18(22-4)24-11-13-14(19)7-6-8-16(13)26-17(20)21;/h6-8,12,15,17H,5,9-11H2,1-4H3,(H2,22,23,24);1H. The van der Waals surface area contributed by atoms with Gasteiger partial charge in [0.05, 0.1) is 6.10 Å². The van der Waals surface area contributed by atoms with Gasteiger partial charge in [-0.05, 0) is 31.4 Å². The number of guanidine groups is 1. The van der Waals surface area contributed by atoms with Crippen molar-refractivity contribution in [1.82, 2.24) is 10.6 Å². The summed E-state index contributed by atoms with van der Waals surface area (Å²) < 4.78 is 48.9. The Balaban J connectivity index is 0.00000676. The van der Waals surface area contributed by atoms with E-state index >= 15 is 0 Å². The molecule has 0 aliphatic rings. The first kappa shape index (κ1) is 25.8. The van der Waals surface area contributed by atoms with E-state index in [-0.39, 0.29) is 47.9 Å². The molecule has 0 spiro atoms. The summed E-state index contributed by atoms with van der Waals surface area (Å²) in [7, 11) is 1.58. The minimum absolute atomic E-state index is 0. The molecule has 1 rings (SSSR count). The summed E-state index contributed by atoms with van der Waals surface area (Å²) in [6.45, 7) is 4.35. The number of benzene rings is 1. The number of hydrogen-bond acceptors (Lipinski definition) is 3. The third-order valence-electron chi connectivity index (χ3n) is 3.79. The molecule has 0 aliphatic heterocycles. The molecule has 1 atom stereocenters. The van der Waals surface area contributed by atoms with Crippen molar-refractivity contribution in [2.45, 2.75) is 46.5 Å². The van der Waals surface area contributed by atoms with E-state index in [2.05, 4.69) is 34.2 Å². The minimum Gasteiger partial charge on any atom is -0.434 e. The van der Waals surface area contributed by atoms with Gasteiger partial charge < -0.3 is 20.1 Å². The van der Waals surface area contributed by atoms with Gasteiger partial charge in [-0.2, -0.15) is 8.78 Å². The molecule has 1 unspecified atom stereocenters. The molecular formula is C18H29F3IN3O2. The van der Waals surface area contributed by atoms with Crippen LogP contribution in [0, 0.1) is 11.7 Å². The summed E-state index contributed by atoms with van der Waals surface area (Å²) in [6.07, 6.45) is 0.911. The molecule has 1 aromatic rings. The van der Waals surface area contributed by atoms with E-state index in [0.717, 1.165) is 6.42 Å². The first-order chi connectivity index (χ1) is 12.4. The Kier molecular flexibility index (Phi) is 13.2. The summed E-state index contributed by atoms with van der Waals surface area (Å²) >= 11 is 0. The Hall–Kier alpha value is -1.23. The maximum Gasteiger partial charge on any atom is 0.387 e. The van der Waals surface area contributed by atoms with Crippen molar-refractivity contribution in [2.75, 3.05) is 20.2 Å². The van der Waals surface area contributed by atoms with E-state index in [1.165, 1.54) is 18.2 Å². The van der Waals surface area contributed by atoms with Crippen LogP contribution in [0.5, 0.6) is 5.75 Å². The molecular weight excluding hydrogens is 474 g/mol. The highest BCUT2D eigenvalue weighted by Crippen LogP contribution is 2.23. The molecule has 0 bridgehead atoms. The number of rotatable bonds is 10. The lowest BCUT2D eigenvalue weighted by molar-refractivity contribution is -0.0506. The van der Waals surface area contributed by atoms with E-state index in [4.69, 9.17) is 4.74 Å². The molecule has 1 aromatic carbocycles. The average Bonchev–Trinajstić information content (AvgIpc) is 2.58. The third kappa shape index (κ3) is 9.50. The Labute approximate surface area is 176 Å². The van der Waals surface area contributed by atoms with Crippen molar-refractivity contribution in [3.63, 3.8) is 0 Å². The van der Waals surface area contributed by atoms with Crippen molar-refractivity contribution in [2.24, 2.45) is 10.9 Å². The fourth-order valence-corrected chi connectivity index (χ4v) is 2.47. The van der Waals surface area contributed by atoms with Crippen molar-refractivity contribution >= 4 is 29.9 Å². The summed E-state index contributed by atoms with van der Waals surface area (Å²) in [5.41, 5.74) is 0.0186. The number of alkyl halides is 2. The van der Waals surface area contributed by atoms with Crippen molar-refractivity contribution < 1.29 is 22.6 Å². The monoisotopic (exact) mass is 503 g/mol. The third-order valence-corrected chi connectivity index (χ3v) is 3.79. The molecule has 0 aliphatic carbocycles. The fraction of sp³-hybridized carbons (Fsp3) is 0.611. The van der Waals surface area contributed by atoms with Gasteiger partial charge in [0.2, 0.25) is 0 Å². The second-order valence-electron chi connectivity index (χ2n) is 5.97. The fourth-order valence-electron chi connectivity index (χ4n) is 2.47. The van der Waals surface area contributed by atoms with Crippen molar-refractivity contribution in [3.8, 4) is 5.75 Å². The summed E-state index contributed by atoms with van der Waals surface area (Å²) in [6, 6.07) is 3.82. The average molecular weight is 503 g/mol. The lowest BCUT2D eigenvalue weighted by atomic mass is 10.0. The zero-order valence-corrected chi connectivity index (χ0v) is 18.4. The van der Waals surface area contributed by atoms with E-state index in [1.54, 1.807) is 7.05 Å². The summed E-state index contributed by atoms with van der Waals surface area (Å²) in [4.78, 5) is 4.05. The lowest BCUT2D eigenvalue weighted by Gasteiger charge is -2.21. The molecule has 0 amide bonds. The summed E-state index contributed by atoms with van der Waals surface area (Å²) in [5, 5.41) is 6.02. The van der Waals surface area contributed by atoms with Crippen LogP contribution < -0.4 is 15.4 Å². The highest BCUT2D eigenvalue weighted by Gasteiger charge is 2.15. The van der Waals surface area contributed by atoms with Crippen LogP contribution >= 0.6 is 24.0 Å². The highest BCUT2D eigenvalue weighted by atomic mass is 127. The second-order valence-corrected chi connectivity index (χ2v) is 5.97. The highest BCUT2D eigenvalue weighted by molar-refractivity contribution is 14.0. The molecule has 0 radical (unpaired) electrons. The minimum atomic E-state index is -3.01. The molecule has 9 heteroatoms. The van der Waals surface area contributed by atoms with Gasteiger partial charge in [-0.15, -0.1) is 24.0 Å². The van der Waals surface area contributed by atoms with Crippen LogP contribution in [0.25, 0.3) is 0 Å². The van der Waals surface area contributed by atoms with Crippen LogP contribution in [-0.2, 0) is 11.3 Å². The maximum absolute atomic E-state index is 13.9. The van der Waals surface area contributed by atoms with E-state index in [1.807, 2.05) is 6.92 Å². The van der Waals surface area contributed by atoms with Crippen molar-refractivity contribution in [3.05, 3.63) is 29.6 Å². The van der Waals surface area contributed by atoms with Gasteiger partial charge in [-0.25, -0.2) is 4.39 Å². The predicted molar refractivity (Wildman–Crippen MR) is 112 cm³/mol. The number of halogens is 4. The number of ether oxygens (including phenoxy) is 2. The van der Waals surface area contributed by atoms with E-state index in [0.29, 0.717) is 25.0 Å². The van der Waals surface area contributed by atoms with Crippen LogP contribution in [0.1, 0.15) is 32.8 Å². The molecule has 27 heavy (non-hydrogen) atoms. The quantitative estimate of drug-likeness (QED) is 0.286. The largest absolute Gasteiger partial charge is 0.434 e. The predicted octanol–water partition coefficient (Wildman–Crippen LogP) is 4.16. The van der Waals surface area contributed by atoms with Gasteiger partial charge in [-0.3, -0.25) is 4.99 Å². The molecule has 0 saturated heterocycles.